The highest BCUT2D eigenvalue weighted by Gasteiger charge is 2.14. The zero-order chi connectivity index (χ0) is 9.19. The standard InChI is InChI=1S/C10H16SSi/c1-5-9-6-7-10(11-9)8-12(2,3)4/h5-7H,1,8H2,2-4H3. The third kappa shape index (κ3) is 2.95. The minimum absolute atomic E-state index is 0.921. The van der Waals surface area contributed by atoms with E-state index < -0.39 is 8.07 Å². The molecule has 0 radical (unpaired) electrons. The molecule has 1 aromatic heterocycles. The van der Waals surface area contributed by atoms with Gasteiger partial charge in [-0.3, -0.25) is 0 Å². The summed E-state index contributed by atoms with van der Waals surface area (Å²) in [4.78, 5) is 2.81. The summed E-state index contributed by atoms with van der Waals surface area (Å²) in [6.45, 7) is 11.0. The summed E-state index contributed by atoms with van der Waals surface area (Å²) in [7, 11) is -0.921. The van der Waals surface area contributed by atoms with Gasteiger partial charge in [0.1, 0.15) is 0 Å². The second kappa shape index (κ2) is 3.58. The quantitative estimate of drug-likeness (QED) is 0.645. The first-order valence-electron chi connectivity index (χ1n) is 4.22. The molecule has 0 saturated carbocycles. The van der Waals surface area contributed by atoms with Gasteiger partial charge in [0.2, 0.25) is 0 Å². The van der Waals surface area contributed by atoms with Gasteiger partial charge in [0.15, 0.2) is 0 Å². The van der Waals surface area contributed by atoms with E-state index in [2.05, 4.69) is 38.4 Å². The maximum Gasteiger partial charge on any atom is 0.0497 e. The second-order valence-corrected chi connectivity index (χ2v) is 10.9. The van der Waals surface area contributed by atoms with Crippen molar-refractivity contribution in [2.75, 3.05) is 0 Å². The lowest BCUT2D eigenvalue weighted by molar-refractivity contribution is 1.38. The summed E-state index contributed by atoms with van der Waals surface area (Å²) in [5, 5.41) is 0. The van der Waals surface area contributed by atoms with Crippen molar-refractivity contribution in [1.82, 2.24) is 0 Å². The van der Waals surface area contributed by atoms with Crippen LogP contribution in [0.3, 0.4) is 0 Å². The van der Waals surface area contributed by atoms with E-state index in [1.54, 1.807) is 0 Å². The Morgan fingerprint density at radius 2 is 2.08 bits per heavy atom. The minimum atomic E-state index is -0.921. The van der Waals surface area contributed by atoms with Crippen LogP contribution in [0.25, 0.3) is 6.08 Å². The van der Waals surface area contributed by atoms with E-state index in [9.17, 15) is 0 Å². The van der Waals surface area contributed by atoms with Gasteiger partial charge in [0.05, 0.1) is 0 Å². The maximum absolute atomic E-state index is 3.76. The van der Waals surface area contributed by atoms with E-state index in [4.69, 9.17) is 0 Å². The molecule has 0 fully saturated rings. The predicted octanol–water partition coefficient (Wildman–Crippen LogP) is 3.81. The molecule has 0 nitrogen and oxygen atoms in total. The number of hydrogen-bond donors (Lipinski definition) is 0. The molecule has 0 saturated heterocycles. The monoisotopic (exact) mass is 196 g/mol. The summed E-state index contributed by atoms with van der Waals surface area (Å²) in [6.07, 6.45) is 1.93. The molecular formula is C10H16SSi. The van der Waals surface area contributed by atoms with Gasteiger partial charge < -0.3 is 0 Å². The Morgan fingerprint density at radius 3 is 2.50 bits per heavy atom. The predicted molar refractivity (Wildman–Crippen MR) is 61.5 cm³/mol. The van der Waals surface area contributed by atoms with Gasteiger partial charge in [-0.15, -0.1) is 11.3 Å². The van der Waals surface area contributed by atoms with Crippen molar-refractivity contribution in [3.63, 3.8) is 0 Å². The van der Waals surface area contributed by atoms with Crippen LogP contribution in [0.15, 0.2) is 18.7 Å². The van der Waals surface area contributed by atoms with E-state index in [0.29, 0.717) is 0 Å². The molecule has 0 atom stereocenters. The van der Waals surface area contributed by atoms with Gasteiger partial charge in [0.25, 0.3) is 0 Å². The van der Waals surface area contributed by atoms with E-state index >= 15 is 0 Å². The summed E-state index contributed by atoms with van der Waals surface area (Å²) < 4.78 is 0. The van der Waals surface area contributed by atoms with Crippen molar-refractivity contribution < 1.29 is 0 Å². The number of rotatable bonds is 3. The Kier molecular flexibility index (Phi) is 2.91. The molecule has 0 bridgehead atoms. The van der Waals surface area contributed by atoms with Crippen LogP contribution >= 0.6 is 11.3 Å². The second-order valence-electron chi connectivity index (χ2n) is 4.25. The Bertz CT molecular complexity index is 268. The first-order chi connectivity index (χ1) is 5.51. The summed E-state index contributed by atoms with van der Waals surface area (Å²) in [5.41, 5.74) is 0. The Labute approximate surface area is 80.0 Å². The third-order valence-corrected chi connectivity index (χ3v) is 4.37. The molecule has 0 aliphatic carbocycles. The molecule has 12 heavy (non-hydrogen) atoms. The number of thiophene rings is 1. The topological polar surface area (TPSA) is 0 Å². The first kappa shape index (κ1) is 9.74. The van der Waals surface area contributed by atoms with Crippen LogP contribution < -0.4 is 0 Å². The summed E-state index contributed by atoms with van der Waals surface area (Å²) in [5.74, 6) is 0. The molecule has 0 amide bonds. The highest BCUT2D eigenvalue weighted by atomic mass is 32.1. The SMILES string of the molecule is C=Cc1ccc(C[Si](C)(C)C)s1. The highest BCUT2D eigenvalue weighted by Crippen LogP contribution is 2.21. The molecule has 1 heterocycles. The Balaban J connectivity index is 2.70. The lowest BCUT2D eigenvalue weighted by atomic mass is 10.4. The molecule has 2 heteroatoms. The van der Waals surface area contributed by atoms with Crippen LogP contribution in [0.5, 0.6) is 0 Å². The number of hydrogen-bond acceptors (Lipinski definition) is 1. The fraction of sp³-hybridized carbons (Fsp3) is 0.400. The van der Waals surface area contributed by atoms with Gasteiger partial charge in [-0.25, -0.2) is 0 Å². The molecule has 0 spiro atoms. The van der Waals surface area contributed by atoms with E-state index in [0.717, 1.165) is 0 Å². The first-order valence-corrected chi connectivity index (χ1v) is 8.75. The molecule has 0 aliphatic heterocycles. The van der Waals surface area contributed by atoms with Crippen LogP contribution in [0, 0.1) is 0 Å². The smallest absolute Gasteiger partial charge is 0.0497 e. The molecule has 0 aliphatic rings. The van der Waals surface area contributed by atoms with Gasteiger partial charge in [-0.05, 0) is 18.2 Å². The van der Waals surface area contributed by atoms with E-state index in [1.165, 1.54) is 15.8 Å². The molecule has 0 N–H and O–H groups in total. The highest BCUT2D eigenvalue weighted by molar-refractivity contribution is 7.13. The van der Waals surface area contributed by atoms with Gasteiger partial charge >= 0.3 is 0 Å². The largest absolute Gasteiger partial charge is 0.141 e. The van der Waals surface area contributed by atoms with Crippen molar-refractivity contribution >= 4 is 25.5 Å². The van der Waals surface area contributed by atoms with Crippen molar-refractivity contribution in [1.29, 1.82) is 0 Å². The minimum Gasteiger partial charge on any atom is -0.141 e. The van der Waals surface area contributed by atoms with Crippen LogP contribution in [0.4, 0.5) is 0 Å². The fourth-order valence-electron chi connectivity index (χ4n) is 1.12. The molecule has 0 unspecified atom stereocenters. The molecular weight excluding hydrogens is 180 g/mol. The maximum atomic E-state index is 3.76. The lowest BCUT2D eigenvalue weighted by Gasteiger charge is -2.13. The third-order valence-electron chi connectivity index (χ3n) is 1.59. The van der Waals surface area contributed by atoms with Crippen LogP contribution in [-0.2, 0) is 6.04 Å². The van der Waals surface area contributed by atoms with Crippen molar-refractivity contribution in [2.45, 2.75) is 25.7 Å². The van der Waals surface area contributed by atoms with Crippen LogP contribution in [-0.4, -0.2) is 8.07 Å². The Morgan fingerprint density at radius 1 is 1.42 bits per heavy atom. The van der Waals surface area contributed by atoms with Gasteiger partial charge in [0, 0.05) is 17.8 Å². The molecule has 1 rings (SSSR count). The average molecular weight is 196 g/mol. The molecule has 0 aromatic carbocycles. The zero-order valence-electron chi connectivity index (χ0n) is 8.05. The Hall–Kier alpha value is -0.343. The lowest BCUT2D eigenvalue weighted by Crippen LogP contribution is -2.23. The van der Waals surface area contributed by atoms with Crippen molar-refractivity contribution in [3.05, 3.63) is 28.5 Å². The summed E-state index contributed by atoms with van der Waals surface area (Å²) in [6, 6.07) is 5.69. The fourth-order valence-corrected chi connectivity index (χ4v) is 4.53. The van der Waals surface area contributed by atoms with Gasteiger partial charge in [-0.1, -0.05) is 32.3 Å². The van der Waals surface area contributed by atoms with Crippen molar-refractivity contribution in [3.8, 4) is 0 Å². The molecule has 66 valence electrons. The van der Waals surface area contributed by atoms with E-state index in [1.807, 2.05) is 17.4 Å². The van der Waals surface area contributed by atoms with Crippen molar-refractivity contribution in [2.24, 2.45) is 0 Å². The van der Waals surface area contributed by atoms with E-state index in [-0.39, 0.29) is 0 Å². The zero-order valence-corrected chi connectivity index (χ0v) is 9.87. The molecule has 1 aromatic rings. The van der Waals surface area contributed by atoms with Crippen LogP contribution in [0.2, 0.25) is 19.6 Å². The van der Waals surface area contributed by atoms with Crippen LogP contribution in [0.1, 0.15) is 9.75 Å². The summed E-state index contributed by atoms with van der Waals surface area (Å²) >= 11 is 1.88. The van der Waals surface area contributed by atoms with Gasteiger partial charge in [-0.2, -0.15) is 0 Å². The average Bonchev–Trinajstić information content (AvgIpc) is 2.32. The normalized spacial score (nSPS) is 11.6.